The van der Waals surface area contributed by atoms with E-state index in [1.54, 1.807) is 18.2 Å². The van der Waals surface area contributed by atoms with Crippen LogP contribution >= 0.6 is 31.9 Å². The topological polar surface area (TPSA) is 94.8 Å². The first kappa shape index (κ1) is 39.9. The Hall–Kier alpha value is -5.77. The van der Waals surface area contributed by atoms with Gasteiger partial charge in [0.25, 0.3) is 0 Å². The second kappa shape index (κ2) is 18.7. The lowest BCUT2D eigenvalue weighted by molar-refractivity contribution is -0.117. The van der Waals surface area contributed by atoms with Crippen molar-refractivity contribution in [2.75, 3.05) is 0 Å². The molecule has 0 saturated carbocycles. The van der Waals surface area contributed by atoms with Crippen molar-refractivity contribution in [2.45, 2.75) is 39.9 Å². The molecule has 0 aliphatic carbocycles. The zero-order chi connectivity index (χ0) is 39.6. The van der Waals surface area contributed by atoms with Crippen LogP contribution < -0.4 is 9.47 Å². The van der Waals surface area contributed by atoms with Crippen molar-refractivity contribution in [1.29, 1.82) is 0 Å². The summed E-state index contributed by atoms with van der Waals surface area (Å²) in [6, 6.07) is 46.5. The molecule has 9 heteroatoms. The highest BCUT2D eigenvalue weighted by Crippen LogP contribution is 2.37. The van der Waals surface area contributed by atoms with E-state index in [0.717, 1.165) is 59.2 Å². The fourth-order valence-corrected chi connectivity index (χ4v) is 6.98. The number of fused-ring (bicyclic) bond motifs is 1. The maximum Gasteiger partial charge on any atom is 0.336 e. The van der Waals surface area contributed by atoms with E-state index in [-0.39, 0.29) is 30.0 Å². The lowest BCUT2D eigenvalue weighted by atomic mass is 10.0. The molecule has 0 spiro atoms. The third kappa shape index (κ3) is 10.1. The largest absolute Gasteiger partial charge is 0.488 e. The number of nitrogens with zero attached hydrogens (tertiary/aromatic N) is 1. The second-order valence-corrected chi connectivity index (χ2v) is 15.0. The van der Waals surface area contributed by atoms with Crippen molar-refractivity contribution in [3.8, 4) is 28.4 Å². The number of benzene rings is 6. The predicted molar refractivity (Wildman–Crippen MR) is 228 cm³/mol. The molecule has 0 atom stereocenters. The summed E-state index contributed by atoms with van der Waals surface area (Å²) >= 11 is 6.96. The van der Waals surface area contributed by atoms with Gasteiger partial charge in [-0.05, 0) is 96.4 Å². The van der Waals surface area contributed by atoms with Gasteiger partial charge in [-0.15, -0.1) is 0 Å². The Balaban J connectivity index is 0.000000209. The number of aryl methyl sites for hydroxylation is 1. The van der Waals surface area contributed by atoms with Crippen LogP contribution in [-0.4, -0.2) is 27.2 Å². The number of Topliss-reactive ketones (excluding diaryl/α,β-unsaturated/α-hetero) is 2. The number of ether oxygens (including phenoxy) is 2. The van der Waals surface area contributed by atoms with Crippen molar-refractivity contribution >= 4 is 60.2 Å². The van der Waals surface area contributed by atoms with Crippen molar-refractivity contribution in [3.63, 3.8) is 0 Å². The third-order valence-electron chi connectivity index (χ3n) is 9.05. The Morgan fingerprint density at radius 1 is 0.625 bits per heavy atom. The van der Waals surface area contributed by atoms with Crippen molar-refractivity contribution in [2.24, 2.45) is 0 Å². The molecule has 282 valence electrons. The lowest BCUT2D eigenvalue weighted by Gasteiger charge is -2.17. The smallest absolute Gasteiger partial charge is 0.336 e. The summed E-state index contributed by atoms with van der Waals surface area (Å²) in [5, 5.41) is 11.5. The SMILES string of the molecule is CC(=O)CCC(=O)c1cc(Br)ccc1OCc1ccccc1.Cc1ccc(-c2cc(Br)ccc2OCc2ccccc2)n1-c1cc(C(=O)O)c2ccccc2c1. The molecule has 0 fully saturated rings. The van der Waals surface area contributed by atoms with Crippen molar-refractivity contribution in [3.05, 3.63) is 182 Å². The van der Waals surface area contributed by atoms with Crippen LogP contribution in [0.4, 0.5) is 0 Å². The zero-order valence-electron chi connectivity index (χ0n) is 30.9. The van der Waals surface area contributed by atoms with Gasteiger partial charge in [0.05, 0.1) is 16.8 Å². The highest BCUT2D eigenvalue weighted by atomic mass is 79.9. The first-order valence-electron chi connectivity index (χ1n) is 18.0. The van der Waals surface area contributed by atoms with Gasteiger partial charge in [0, 0.05) is 38.7 Å². The standard InChI is InChI=1S/C29H22BrNO3.C18H17BrO3/c1-19-11-13-27(26-16-22(30)12-14-28(26)34-18-20-7-3-2-4-8-20)31(19)23-15-21-9-5-6-10-24(21)25(17-23)29(32)33;1-13(20)7-9-17(21)16-11-15(19)8-10-18(16)22-12-14-5-3-2-4-6-14/h2-17H,18H2,1H3,(H,32,33);2-6,8,10-11H,7,9,12H2,1H3. The average Bonchev–Trinajstić information content (AvgIpc) is 3.60. The van der Waals surface area contributed by atoms with E-state index in [4.69, 9.17) is 9.47 Å². The van der Waals surface area contributed by atoms with Gasteiger partial charge in [-0.3, -0.25) is 4.79 Å². The van der Waals surface area contributed by atoms with Gasteiger partial charge in [-0.2, -0.15) is 0 Å². The molecule has 0 aliphatic rings. The fraction of sp³-hybridized carbons (Fsp3) is 0.128. The van der Waals surface area contributed by atoms with Gasteiger partial charge in [0.2, 0.25) is 0 Å². The minimum absolute atomic E-state index is 0.00935. The van der Waals surface area contributed by atoms with E-state index < -0.39 is 5.97 Å². The van der Waals surface area contributed by atoms with E-state index in [2.05, 4.69) is 36.4 Å². The molecule has 0 unspecified atom stereocenters. The van der Waals surface area contributed by atoms with E-state index in [0.29, 0.717) is 24.5 Å². The maximum absolute atomic E-state index is 12.3. The normalized spacial score (nSPS) is 10.7. The average molecular weight is 874 g/mol. The molecule has 0 bridgehead atoms. The number of carboxylic acid groups (broad SMARTS) is 1. The predicted octanol–water partition coefficient (Wildman–Crippen LogP) is 12.2. The summed E-state index contributed by atoms with van der Waals surface area (Å²) in [5.41, 5.74) is 6.54. The summed E-state index contributed by atoms with van der Waals surface area (Å²) in [6.07, 6.45) is 0.455. The summed E-state index contributed by atoms with van der Waals surface area (Å²) in [4.78, 5) is 35.4. The molecular weight excluding hydrogens is 834 g/mol. The van der Waals surface area contributed by atoms with Gasteiger partial charge >= 0.3 is 5.97 Å². The molecule has 56 heavy (non-hydrogen) atoms. The number of hydrogen-bond donors (Lipinski definition) is 1. The first-order valence-corrected chi connectivity index (χ1v) is 19.6. The number of carbonyl (C=O) groups excluding carboxylic acids is 2. The molecular formula is C47H39Br2NO6. The van der Waals surface area contributed by atoms with Gasteiger partial charge in [-0.25, -0.2) is 4.79 Å². The maximum atomic E-state index is 12.3. The van der Waals surface area contributed by atoms with Gasteiger partial charge in [0.15, 0.2) is 5.78 Å². The number of ketones is 2. The Labute approximate surface area is 342 Å². The summed E-state index contributed by atoms with van der Waals surface area (Å²) in [5.74, 6) is 0.277. The Kier molecular flexibility index (Phi) is 13.3. The van der Waals surface area contributed by atoms with E-state index in [9.17, 15) is 19.5 Å². The molecule has 1 aromatic heterocycles. The van der Waals surface area contributed by atoms with E-state index >= 15 is 0 Å². The molecule has 0 aliphatic heterocycles. The zero-order valence-corrected chi connectivity index (χ0v) is 34.0. The van der Waals surface area contributed by atoms with Crippen LogP contribution in [0.15, 0.2) is 155 Å². The molecule has 0 amide bonds. The number of rotatable bonds is 13. The minimum Gasteiger partial charge on any atom is -0.488 e. The molecule has 7 nitrogen and oxygen atoms in total. The van der Waals surface area contributed by atoms with Gasteiger partial charge in [0.1, 0.15) is 30.5 Å². The monoisotopic (exact) mass is 871 g/mol. The Morgan fingerprint density at radius 2 is 1.21 bits per heavy atom. The third-order valence-corrected chi connectivity index (χ3v) is 10.0. The van der Waals surface area contributed by atoms with Gasteiger partial charge < -0.3 is 23.9 Å². The molecule has 1 heterocycles. The molecule has 6 aromatic carbocycles. The van der Waals surface area contributed by atoms with E-state index in [1.165, 1.54) is 6.92 Å². The molecule has 7 rings (SSSR count). The molecule has 1 N–H and O–H groups in total. The van der Waals surface area contributed by atoms with E-state index in [1.807, 2.05) is 134 Å². The van der Waals surface area contributed by atoms with Crippen LogP contribution in [0.5, 0.6) is 11.5 Å². The number of carboxylic acids is 1. The van der Waals surface area contributed by atoms with Crippen LogP contribution in [0.2, 0.25) is 0 Å². The number of aromatic carboxylic acids is 1. The van der Waals surface area contributed by atoms with Gasteiger partial charge in [-0.1, -0.05) is 117 Å². The van der Waals surface area contributed by atoms with Crippen LogP contribution in [0.3, 0.4) is 0 Å². The summed E-state index contributed by atoms with van der Waals surface area (Å²) in [6.45, 7) is 4.35. The number of carbonyl (C=O) groups is 3. The Bertz CT molecular complexity index is 2490. The van der Waals surface area contributed by atoms with Crippen molar-refractivity contribution in [1.82, 2.24) is 4.57 Å². The first-order chi connectivity index (χ1) is 27.1. The molecule has 0 radical (unpaired) electrons. The quantitative estimate of drug-likeness (QED) is 0.116. The number of halogens is 2. The summed E-state index contributed by atoms with van der Waals surface area (Å²) in [7, 11) is 0. The second-order valence-electron chi connectivity index (χ2n) is 13.2. The number of hydrogen-bond acceptors (Lipinski definition) is 5. The lowest BCUT2D eigenvalue weighted by Crippen LogP contribution is -2.06. The minimum atomic E-state index is -0.946. The van der Waals surface area contributed by atoms with Crippen LogP contribution in [0, 0.1) is 6.92 Å². The van der Waals surface area contributed by atoms with Crippen LogP contribution in [0.1, 0.15) is 57.3 Å². The molecule has 0 saturated heterocycles. The van der Waals surface area contributed by atoms with Crippen molar-refractivity contribution < 1.29 is 29.0 Å². The highest BCUT2D eigenvalue weighted by Gasteiger charge is 2.18. The Morgan fingerprint density at radius 3 is 1.86 bits per heavy atom. The highest BCUT2D eigenvalue weighted by molar-refractivity contribution is 9.10. The fourth-order valence-electron chi connectivity index (χ4n) is 6.26. The summed E-state index contributed by atoms with van der Waals surface area (Å²) < 4.78 is 15.8. The van der Waals surface area contributed by atoms with Crippen LogP contribution in [-0.2, 0) is 18.0 Å². The van der Waals surface area contributed by atoms with Crippen LogP contribution in [0.25, 0.3) is 27.7 Å². The number of aromatic nitrogens is 1. The molecule has 7 aromatic rings.